The molecule has 134 valence electrons. The first-order valence-electron chi connectivity index (χ1n) is 8.56. The van der Waals surface area contributed by atoms with E-state index in [4.69, 9.17) is 0 Å². The maximum atomic E-state index is 13.0. The number of hydrogen-bond acceptors (Lipinski definition) is 3. The molecular formula is C22H21BrO3. The number of fused-ring (bicyclic) bond motifs is 1. The van der Waals surface area contributed by atoms with Gasteiger partial charge in [0.2, 0.25) is 0 Å². The molecule has 0 aromatic heterocycles. The summed E-state index contributed by atoms with van der Waals surface area (Å²) in [5.41, 5.74) is 2.67. The SMILES string of the molecule is C=CCc1cccc(C2C(C=C)=CCC3C(=O)C(C)=CC(=O)C32Br)c1O. The van der Waals surface area contributed by atoms with Crippen LogP contribution < -0.4 is 0 Å². The number of phenolic OH excluding ortho intramolecular Hbond substituents is 1. The maximum absolute atomic E-state index is 13.0. The number of alkyl halides is 1. The molecular weight excluding hydrogens is 392 g/mol. The van der Waals surface area contributed by atoms with Crippen LogP contribution in [-0.4, -0.2) is 21.0 Å². The number of ketones is 2. The minimum atomic E-state index is -1.12. The molecule has 0 heterocycles. The number of phenols is 1. The highest BCUT2D eigenvalue weighted by Gasteiger charge is 2.56. The summed E-state index contributed by atoms with van der Waals surface area (Å²) in [4.78, 5) is 25.8. The van der Waals surface area contributed by atoms with Crippen LogP contribution in [0.1, 0.15) is 30.4 Å². The van der Waals surface area contributed by atoms with Crippen molar-refractivity contribution in [2.45, 2.75) is 30.0 Å². The molecule has 0 radical (unpaired) electrons. The van der Waals surface area contributed by atoms with Gasteiger partial charge >= 0.3 is 0 Å². The summed E-state index contributed by atoms with van der Waals surface area (Å²) in [5.74, 6) is -1.05. The number of halogens is 1. The quantitative estimate of drug-likeness (QED) is 0.581. The third kappa shape index (κ3) is 2.64. The van der Waals surface area contributed by atoms with Crippen LogP contribution >= 0.6 is 15.9 Å². The van der Waals surface area contributed by atoms with Crippen molar-refractivity contribution >= 4 is 27.5 Å². The molecule has 26 heavy (non-hydrogen) atoms. The van der Waals surface area contributed by atoms with Gasteiger partial charge in [-0.25, -0.2) is 0 Å². The van der Waals surface area contributed by atoms with Crippen LogP contribution in [0.5, 0.6) is 5.75 Å². The Kier molecular flexibility index (Phi) is 4.89. The van der Waals surface area contributed by atoms with E-state index in [0.717, 1.165) is 11.1 Å². The smallest absolute Gasteiger partial charge is 0.174 e. The largest absolute Gasteiger partial charge is 0.507 e. The van der Waals surface area contributed by atoms with Gasteiger partial charge in [-0.15, -0.1) is 6.58 Å². The van der Waals surface area contributed by atoms with Crippen molar-refractivity contribution in [2.75, 3.05) is 0 Å². The molecule has 1 aromatic rings. The topological polar surface area (TPSA) is 54.4 Å². The zero-order valence-corrected chi connectivity index (χ0v) is 16.3. The second-order valence-electron chi connectivity index (χ2n) is 6.80. The van der Waals surface area contributed by atoms with Gasteiger partial charge in [-0.1, -0.05) is 58.9 Å². The highest BCUT2D eigenvalue weighted by atomic mass is 79.9. The summed E-state index contributed by atoms with van der Waals surface area (Å²) in [6.45, 7) is 9.28. The third-order valence-electron chi connectivity index (χ3n) is 5.34. The van der Waals surface area contributed by atoms with Crippen molar-refractivity contribution in [3.8, 4) is 5.75 Å². The molecule has 3 unspecified atom stereocenters. The van der Waals surface area contributed by atoms with E-state index in [2.05, 4.69) is 29.1 Å². The van der Waals surface area contributed by atoms with Crippen molar-refractivity contribution in [3.05, 3.63) is 77.9 Å². The molecule has 4 heteroatoms. The molecule has 3 atom stereocenters. The normalized spacial score (nSPS) is 28.1. The van der Waals surface area contributed by atoms with Gasteiger partial charge in [0.05, 0.1) is 0 Å². The van der Waals surface area contributed by atoms with E-state index < -0.39 is 16.2 Å². The Morgan fingerprint density at radius 1 is 1.35 bits per heavy atom. The summed E-state index contributed by atoms with van der Waals surface area (Å²) in [6, 6.07) is 5.49. The molecule has 0 spiro atoms. The maximum Gasteiger partial charge on any atom is 0.174 e. The number of carbonyl (C=O) groups is 2. The molecule has 2 aliphatic carbocycles. The Labute approximate surface area is 161 Å². The molecule has 1 N–H and O–H groups in total. The van der Waals surface area contributed by atoms with E-state index in [1.165, 1.54) is 6.08 Å². The Morgan fingerprint density at radius 3 is 2.73 bits per heavy atom. The van der Waals surface area contributed by atoms with Crippen LogP contribution in [0.2, 0.25) is 0 Å². The predicted octanol–water partition coefficient (Wildman–Crippen LogP) is 4.57. The lowest BCUT2D eigenvalue weighted by molar-refractivity contribution is -0.128. The fourth-order valence-corrected chi connectivity index (χ4v) is 5.04. The number of para-hydroxylation sites is 1. The average Bonchev–Trinajstić information content (AvgIpc) is 2.62. The van der Waals surface area contributed by atoms with Gasteiger partial charge in [-0.05, 0) is 42.6 Å². The second kappa shape index (κ2) is 6.84. The second-order valence-corrected chi connectivity index (χ2v) is 8.11. The molecule has 0 fully saturated rings. The van der Waals surface area contributed by atoms with Gasteiger partial charge in [-0.2, -0.15) is 0 Å². The van der Waals surface area contributed by atoms with E-state index in [-0.39, 0.29) is 17.3 Å². The number of benzene rings is 1. The minimum Gasteiger partial charge on any atom is -0.507 e. The molecule has 0 bridgehead atoms. The molecule has 0 saturated carbocycles. The van der Waals surface area contributed by atoms with Gasteiger partial charge in [0, 0.05) is 17.4 Å². The standard InChI is InChI=1S/C22H21BrO3/c1-4-7-15-8-6-9-16(21(15)26)19-14(5-2)10-11-17-20(25)13(3)12-18(24)22(17,19)23/h4-6,8-10,12,17,19,26H,1-2,7,11H2,3H3. The van der Waals surface area contributed by atoms with Gasteiger partial charge in [-0.3, -0.25) is 9.59 Å². The Morgan fingerprint density at radius 2 is 2.08 bits per heavy atom. The van der Waals surface area contributed by atoms with E-state index in [1.54, 1.807) is 25.1 Å². The Bertz CT molecular complexity index is 877. The van der Waals surface area contributed by atoms with Crippen LogP contribution in [0.25, 0.3) is 0 Å². The molecule has 3 rings (SSSR count). The summed E-state index contributed by atoms with van der Waals surface area (Å²) in [6.07, 6.45) is 7.77. The first-order valence-corrected chi connectivity index (χ1v) is 9.35. The van der Waals surface area contributed by atoms with E-state index in [9.17, 15) is 14.7 Å². The summed E-state index contributed by atoms with van der Waals surface area (Å²) in [7, 11) is 0. The van der Waals surface area contributed by atoms with E-state index >= 15 is 0 Å². The molecule has 1 aromatic carbocycles. The van der Waals surface area contributed by atoms with Crippen LogP contribution in [0.3, 0.4) is 0 Å². The average molecular weight is 413 g/mol. The predicted molar refractivity (Wildman–Crippen MR) is 107 cm³/mol. The van der Waals surface area contributed by atoms with Gasteiger partial charge in [0.25, 0.3) is 0 Å². The zero-order valence-electron chi connectivity index (χ0n) is 14.7. The summed E-state index contributed by atoms with van der Waals surface area (Å²) < 4.78 is -1.12. The van der Waals surface area contributed by atoms with Crippen LogP contribution in [0.4, 0.5) is 0 Å². The molecule has 0 saturated heterocycles. The van der Waals surface area contributed by atoms with Crippen LogP contribution in [0.15, 0.2) is 66.8 Å². The first kappa shape index (κ1) is 18.6. The summed E-state index contributed by atoms with van der Waals surface area (Å²) >= 11 is 3.65. The number of carbonyl (C=O) groups excluding carboxylic acids is 2. The highest BCUT2D eigenvalue weighted by Crippen LogP contribution is 2.55. The van der Waals surface area contributed by atoms with Crippen molar-refractivity contribution in [3.63, 3.8) is 0 Å². The fraction of sp³-hybridized carbons (Fsp3) is 0.273. The molecule has 3 nitrogen and oxygen atoms in total. The number of aromatic hydroxyl groups is 1. The van der Waals surface area contributed by atoms with Crippen molar-refractivity contribution in [2.24, 2.45) is 5.92 Å². The van der Waals surface area contributed by atoms with Gasteiger partial charge < -0.3 is 5.11 Å². The lowest BCUT2D eigenvalue weighted by Gasteiger charge is -2.45. The Hall–Kier alpha value is -2.20. The van der Waals surface area contributed by atoms with Crippen molar-refractivity contribution < 1.29 is 14.7 Å². The van der Waals surface area contributed by atoms with Crippen molar-refractivity contribution in [1.82, 2.24) is 0 Å². The molecule has 0 amide bonds. The Balaban J connectivity index is 2.25. The number of rotatable bonds is 4. The van der Waals surface area contributed by atoms with Crippen LogP contribution in [-0.2, 0) is 16.0 Å². The highest BCUT2D eigenvalue weighted by molar-refractivity contribution is 9.10. The summed E-state index contributed by atoms with van der Waals surface area (Å²) in [5, 5.41) is 10.9. The number of hydrogen-bond donors (Lipinski definition) is 1. The lowest BCUT2D eigenvalue weighted by atomic mass is 9.62. The first-order chi connectivity index (χ1) is 12.4. The van der Waals surface area contributed by atoms with Crippen LogP contribution in [0, 0.1) is 5.92 Å². The molecule has 2 aliphatic rings. The lowest BCUT2D eigenvalue weighted by Crippen LogP contribution is -2.52. The number of allylic oxidation sites excluding steroid dienone is 6. The zero-order chi connectivity index (χ0) is 19.1. The third-order valence-corrected chi connectivity index (χ3v) is 6.74. The van der Waals surface area contributed by atoms with Crippen molar-refractivity contribution in [1.29, 1.82) is 0 Å². The fourth-order valence-electron chi connectivity index (χ4n) is 4.02. The van der Waals surface area contributed by atoms with Gasteiger partial charge in [0.15, 0.2) is 11.6 Å². The van der Waals surface area contributed by atoms with E-state index in [1.807, 2.05) is 18.2 Å². The number of Topliss-reactive ketones (excluding diaryl/α,β-unsaturated/α-hetero) is 1. The van der Waals surface area contributed by atoms with E-state index in [0.29, 0.717) is 24.0 Å². The monoisotopic (exact) mass is 412 g/mol. The molecule has 0 aliphatic heterocycles. The van der Waals surface area contributed by atoms with Gasteiger partial charge in [0.1, 0.15) is 10.1 Å². The minimum absolute atomic E-state index is 0.0347.